The molecule has 1 fully saturated rings. The fraction of sp³-hybridized carbons (Fsp3) is 0.611. The lowest BCUT2D eigenvalue weighted by Gasteiger charge is -2.30. The van der Waals surface area contributed by atoms with Crippen molar-refractivity contribution in [2.24, 2.45) is 10.9 Å². The van der Waals surface area contributed by atoms with E-state index in [2.05, 4.69) is 32.3 Å². The van der Waals surface area contributed by atoms with Crippen LogP contribution >= 0.6 is 0 Å². The Bertz CT molecular complexity index is 554. The van der Waals surface area contributed by atoms with E-state index in [1.807, 2.05) is 6.92 Å². The third-order valence-electron chi connectivity index (χ3n) is 4.22. The van der Waals surface area contributed by atoms with E-state index in [0.717, 1.165) is 26.2 Å². The van der Waals surface area contributed by atoms with E-state index in [1.54, 1.807) is 18.2 Å². The lowest BCUT2D eigenvalue weighted by atomic mass is 9.99. The predicted molar refractivity (Wildman–Crippen MR) is 96.1 cm³/mol. The van der Waals surface area contributed by atoms with Gasteiger partial charge in [0.15, 0.2) is 5.96 Å². The number of nitrogens with zero attached hydrogens (tertiary/aromatic N) is 2. The molecule has 1 unspecified atom stereocenters. The minimum atomic E-state index is -2.83. The Morgan fingerprint density at radius 3 is 2.88 bits per heavy atom. The minimum Gasteiger partial charge on any atom is -0.434 e. The zero-order valence-corrected chi connectivity index (χ0v) is 15.0. The molecular formula is C18H28F2N4O. The van der Waals surface area contributed by atoms with Gasteiger partial charge < -0.3 is 20.3 Å². The summed E-state index contributed by atoms with van der Waals surface area (Å²) in [5, 5.41) is 6.56. The highest BCUT2D eigenvalue weighted by atomic mass is 19.3. The van der Waals surface area contributed by atoms with E-state index in [1.165, 1.54) is 18.9 Å². The zero-order valence-electron chi connectivity index (χ0n) is 15.0. The summed E-state index contributed by atoms with van der Waals surface area (Å²) >= 11 is 0. The Morgan fingerprint density at radius 2 is 2.16 bits per heavy atom. The minimum absolute atomic E-state index is 0.172. The summed E-state index contributed by atoms with van der Waals surface area (Å²) in [6.07, 6.45) is 2.43. The molecule has 0 saturated carbocycles. The number of para-hydroxylation sites is 1. The van der Waals surface area contributed by atoms with Crippen molar-refractivity contribution in [2.45, 2.75) is 32.9 Å². The number of rotatable bonds is 7. The lowest BCUT2D eigenvalue weighted by Crippen LogP contribution is -2.43. The smallest absolute Gasteiger partial charge is 0.387 e. The third kappa shape index (κ3) is 6.86. The summed E-state index contributed by atoms with van der Waals surface area (Å²) in [5.74, 6) is 1.46. The fourth-order valence-electron chi connectivity index (χ4n) is 3.03. The van der Waals surface area contributed by atoms with E-state index in [4.69, 9.17) is 0 Å². The maximum absolute atomic E-state index is 12.5. The fourth-order valence-corrected chi connectivity index (χ4v) is 3.03. The summed E-state index contributed by atoms with van der Waals surface area (Å²) in [7, 11) is 2.14. The molecule has 1 aliphatic rings. The molecule has 1 atom stereocenters. The number of likely N-dealkylation sites (tertiary alicyclic amines) is 1. The quantitative estimate of drug-likeness (QED) is 0.584. The molecular weight excluding hydrogens is 326 g/mol. The van der Waals surface area contributed by atoms with E-state index in [0.29, 0.717) is 17.4 Å². The van der Waals surface area contributed by atoms with Gasteiger partial charge in [-0.1, -0.05) is 18.2 Å². The molecule has 5 nitrogen and oxygen atoms in total. The van der Waals surface area contributed by atoms with E-state index in [-0.39, 0.29) is 12.3 Å². The Kier molecular flexibility index (Phi) is 7.91. The summed E-state index contributed by atoms with van der Waals surface area (Å²) in [6.45, 7) is 3.28. The summed E-state index contributed by atoms with van der Waals surface area (Å²) < 4.78 is 29.5. The van der Waals surface area contributed by atoms with Crippen LogP contribution in [0.4, 0.5) is 8.78 Å². The largest absolute Gasteiger partial charge is 0.434 e. The van der Waals surface area contributed by atoms with Crippen molar-refractivity contribution >= 4 is 5.96 Å². The first kappa shape index (κ1) is 19.4. The zero-order chi connectivity index (χ0) is 18.1. The normalized spacial score (nSPS) is 19.1. The van der Waals surface area contributed by atoms with Crippen molar-refractivity contribution < 1.29 is 13.5 Å². The number of nitrogens with one attached hydrogen (secondary N) is 2. The van der Waals surface area contributed by atoms with Crippen molar-refractivity contribution in [3.63, 3.8) is 0 Å². The summed E-state index contributed by atoms with van der Waals surface area (Å²) in [4.78, 5) is 6.86. The Balaban J connectivity index is 1.95. The van der Waals surface area contributed by atoms with Crippen LogP contribution in [0.5, 0.6) is 5.75 Å². The average molecular weight is 354 g/mol. The van der Waals surface area contributed by atoms with Gasteiger partial charge in [-0.05, 0) is 45.3 Å². The molecule has 0 aromatic heterocycles. The highest BCUT2D eigenvalue weighted by Gasteiger charge is 2.17. The van der Waals surface area contributed by atoms with Crippen LogP contribution in [0, 0.1) is 5.92 Å². The molecule has 1 aromatic carbocycles. The highest BCUT2D eigenvalue weighted by Crippen LogP contribution is 2.21. The predicted octanol–water partition coefficient (Wildman–Crippen LogP) is 2.68. The lowest BCUT2D eigenvalue weighted by molar-refractivity contribution is -0.0504. The second-order valence-corrected chi connectivity index (χ2v) is 6.33. The van der Waals surface area contributed by atoms with Crippen LogP contribution in [0.25, 0.3) is 0 Å². The van der Waals surface area contributed by atoms with Gasteiger partial charge in [0, 0.05) is 25.2 Å². The molecule has 140 valence electrons. The number of piperidine rings is 1. The number of aliphatic imine (C=N–C) groups is 1. The van der Waals surface area contributed by atoms with Gasteiger partial charge in [-0.15, -0.1) is 0 Å². The first-order valence-electron chi connectivity index (χ1n) is 8.82. The van der Waals surface area contributed by atoms with Crippen LogP contribution in [0.2, 0.25) is 0 Å². The van der Waals surface area contributed by atoms with Crippen molar-refractivity contribution in [3.8, 4) is 5.75 Å². The van der Waals surface area contributed by atoms with Crippen LogP contribution in [-0.2, 0) is 6.54 Å². The number of guanidine groups is 1. The van der Waals surface area contributed by atoms with Crippen LogP contribution in [0.15, 0.2) is 29.3 Å². The first-order chi connectivity index (χ1) is 12.1. The molecule has 2 N–H and O–H groups in total. The molecule has 0 bridgehead atoms. The Hall–Kier alpha value is -1.89. The standard InChI is InChI=1S/C18H28F2N4O/c1-3-21-18(22-11-14-7-6-10-24(2)13-14)23-12-15-8-4-5-9-16(15)25-17(19)20/h4-5,8-9,14,17H,3,6-7,10-13H2,1-2H3,(H2,21,22,23). The average Bonchev–Trinajstić information content (AvgIpc) is 2.58. The van der Waals surface area contributed by atoms with Crippen molar-refractivity contribution in [2.75, 3.05) is 33.2 Å². The van der Waals surface area contributed by atoms with Gasteiger partial charge >= 0.3 is 6.61 Å². The molecule has 0 amide bonds. The molecule has 7 heteroatoms. The molecule has 25 heavy (non-hydrogen) atoms. The SMILES string of the molecule is CCNC(=NCc1ccccc1OC(F)F)NCC1CCCN(C)C1. The van der Waals surface area contributed by atoms with E-state index in [9.17, 15) is 8.78 Å². The van der Waals surface area contributed by atoms with Crippen LogP contribution in [0.1, 0.15) is 25.3 Å². The van der Waals surface area contributed by atoms with Gasteiger partial charge in [-0.3, -0.25) is 0 Å². The summed E-state index contributed by atoms with van der Waals surface area (Å²) in [6, 6.07) is 6.76. The van der Waals surface area contributed by atoms with Crippen LogP contribution < -0.4 is 15.4 Å². The highest BCUT2D eigenvalue weighted by molar-refractivity contribution is 5.79. The number of benzene rings is 1. The molecule has 1 saturated heterocycles. The van der Waals surface area contributed by atoms with E-state index >= 15 is 0 Å². The first-order valence-corrected chi connectivity index (χ1v) is 8.82. The number of halogens is 2. The number of ether oxygens (including phenoxy) is 1. The van der Waals surface area contributed by atoms with Gasteiger partial charge in [-0.25, -0.2) is 4.99 Å². The number of hydrogen-bond acceptors (Lipinski definition) is 3. The van der Waals surface area contributed by atoms with Gasteiger partial charge in [0.2, 0.25) is 0 Å². The van der Waals surface area contributed by atoms with Gasteiger partial charge in [0.1, 0.15) is 5.75 Å². The molecule has 0 aliphatic carbocycles. The molecule has 1 aromatic rings. The van der Waals surface area contributed by atoms with E-state index < -0.39 is 6.61 Å². The second kappa shape index (κ2) is 10.2. The monoisotopic (exact) mass is 354 g/mol. The van der Waals surface area contributed by atoms with Crippen LogP contribution in [0.3, 0.4) is 0 Å². The topological polar surface area (TPSA) is 48.9 Å². The van der Waals surface area contributed by atoms with Crippen LogP contribution in [-0.4, -0.2) is 50.7 Å². The third-order valence-corrected chi connectivity index (χ3v) is 4.22. The second-order valence-electron chi connectivity index (χ2n) is 6.33. The van der Waals surface area contributed by atoms with Crippen molar-refractivity contribution in [1.29, 1.82) is 0 Å². The maximum atomic E-state index is 12.5. The maximum Gasteiger partial charge on any atom is 0.387 e. The molecule has 0 radical (unpaired) electrons. The molecule has 1 aliphatic heterocycles. The number of alkyl halides is 2. The van der Waals surface area contributed by atoms with Gasteiger partial charge in [0.05, 0.1) is 6.54 Å². The van der Waals surface area contributed by atoms with Gasteiger partial charge in [0.25, 0.3) is 0 Å². The van der Waals surface area contributed by atoms with Gasteiger partial charge in [-0.2, -0.15) is 8.78 Å². The molecule has 0 spiro atoms. The van der Waals surface area contributed by atoms with Crippen molar-refractivity contribution in [3.05, 3.63) is 29.8 Å². The van der Waals surface area contributed by atoms with Crippen molar-refractivity contribution in [1.82, 2.24) is 15.5 Å². The molecule has 1 heterocycles. The summed E-state index contributed by atoms with van der Waals surface area (Å²) in [5.41, 5.74) is 0.636. The molecule has 2 rings (SSSR count). The Labute approximate surface area is 148 Å². The Morgan fingerprint density at radius 1 is 1.36 bits per heavy atom. The number of hydrogen-bond donors (Lipinski definition) is 2.